The Morgan fingerprint density at radius 2 is 1.54 bits per heavy atom. The van der Waals surface area contributed by atoms with Gasteiger partial charge in [0.1, 0.15) is 16.7 Å². The van der Waals surface area contributed by atoms with Crippen LogP contribution in [0, 0.1) is 0 Å². The van der Waals surface area contributed by atoms with E-state index < -0.39 is 17.7 Å². The number of carbonyl (C=O) groups excluding carboxylic acids is 2. The smallest absolute Gasteiger partial charge is 0.348 e. The standard InChI is InChI=1S/C19H14O5/c1-19(2)23-17(20)14(18(21)24-19)10-11-6-5-8-13-12-7-3-4-9-15(12)22-16(11)13/h3-10H,1-2H3. The Morgan fingerprint density at radius 1 is 0.875 bits per heavy atom. The Morgan fingerprint density at radius 3 is 2.29 bits per heavy atom. The minimum absolute atomic E-state index is 0.151. The van der Waals surface area contributed by atoms with Crippen LogP contribution in [0.5, 0.6) is 0 Å². The Labute approximate surface area is 137 Å². The van der Waals surface area contributed by atoms with Crippen molar-refractivity contribution in [1.29, 1.82) is 0 Å². The summed E-state index contributed by atoms with van der Waals surface area (Å²) in [6, 6.07) is 13.2. The number of cyclic esters (lactones) is 2. The zero-order valence-electron chi connectivity index (χ0n) is 13.2. The quantitative estimate of drug-likeness (QED) is 0.387. The minimum Gasteiger partial charge on any atom is -0.455 e. The highest BCUT2D eigenvalue weighted by Gasteiger charge is 2.39. The lowest BCUT2D eigenvalue weighted by atomic mass is 10.1. The molecular weight excluding hydrogens is 308 g/mol. The third kappa shape index (κ3) is 2.25. The Hall–Kier alpha value is -3.08. The number of fused-ring (bicyclic) bond motifs is 3. The van der Waals surface area contributed by atoms with Gasteiger partial charge in [-0.05, 0) is 12.1 Å². The van der Waals surface area contributed by atoms with E-state index in [-0.39, 0.29) is 5.57 Å². The van der Waals surface area contributed by atoms with Crippen LogP contribution >= 0.6 is 0 Å². The van der Waals surface area contributed by atoms with E-state index >= 15 is 0 Å². The molecule has 0 saturated carbocycles. The van der Waals surface area contributed by atoms with Gasteiger partial charge in [0.2, 0.25) is 0 Å². The summed E-state index contributed by atoms with van der Waals surface area (Å²) in [7, 11) is 0. The van der Waals surface area contributed by atoms with Crippen LogP contribution in [-0.4, -0.2) is 17.7 Å². The van der Waals surface area contributed by atoms with E-state index in [1.54, 1.807) is 6.07 Å². The van der Waals surface area contributed by atoms with Gasteiger partial charge in [-0.25, -0.2) is 9.59 Å². The number of benzene rings is 2. The van der Waals surface area contributed by atoms with E-state index in [2.05, 4.69) is 0 Å². The summed E-state index contributed by atoms with van der Waals surface area (Å²) in [5.41, 5.74) is 1.82. The minimum atomic E-state index is -1.25. The van der Waals surface area contributed by atoms with Gasteiger partial charge in [0.15, 0.2) is 0 Å². The summed E-state index contributed by atoms with van der Waals surface area (Å²) in [6.07, 6.45) is 1.45. The molecule has 24 heavy (non-hydrogen) atoms. The van der Waals surface area contributed by atoms with Gasteiger partial charge in [-0.1, -0.05) is 36.4 Å². The van der Waals surface area contributed by atoms with Crippen molar-refractivity contribution < 1.29 is 23.5 Å². The second-order valence-electron chi connectivity index (χ2n) is 6.06. The molecule has 3 aromatic rings. The molecule has 0 N–H and O–H groups in total. The van der Waals surface area contributed by atoms with Gasteiger partial charge in [0.25, 0.3) is 5.79 Å². The lowest BCUT2D eigenvalue weighted by Gasteiger charge is -2.29. The van der Waals surface area contributed by atoms with Crippen LogP contribution in [0.1, 0.15) is 19.4 Å². The summed E-state index contributed by atoms with van der Waals surface area (Å²) in [5, 5.41) is 1.89. The summed E-state index contributed by atoms with van der Waals surface area (Å²) in [5.74, 6) is -2.66. The van der Waals surface area contributed by atoms with Gasteiger partial charge < -0.3 is 13.9 Å². The second kappa shape index (κ2) is 4.96. The zero-order chi connectivity index (χ0) is 16.9. The molecule has 1 saturated heterocycles. The maximum absolute atomic E-state index is 12.1. The number of ether oxygens (including phenoxy) is 2. The molecule has 5 heteroatoms. The predicted molar refractivity (Wildman–Crippen MR) is 88.0 cm³/mol. The maximum atomic E-state index is 12.1. The summed E-state index contributed by atoms with van der Waals surface area (Å²) in [4.78, 5) is 24.2. The van der Waals surface area contributed by atoms with Crippen LogP contribution in [0.3, 0.4) is 0 Å². The molecule has 0 spiro atoms. The first kappa shape index (κ1) is 14.5. The molecular formula is C19H14O5. The van der Waals surface area contributed by atoms with Gasteiger partial charge in [0, 0.05) is 30.2 Å². The SMILES string of the molecule is CC1(C)OC(=O)C(=Cc2cccc3c2oc2ccccc23)C(=O)O1. The predicted octanol–water partition coefficient (Wildman–Crippen LogP) is 3.81. The molecule has 4 rings (SSSR count). The topological polar surface area (TPSA) is 65.7 Å². The Bertz CT molecular complexity index is 1000. The van der Waals surface area contributed by atoms with Crippen molar-refractivity contribution in [3.63, 3.8) is 0 Å². The van der Waals surface area contributed by atoms with E-state index in [0.717, 1.165) is 16.4 Å². The number of hydrogen-bond donors (Lipinski definition) is 0. The maximum Gasteiger partial charge on any atom is 0.348 e. The van der Waals surface area contributed by atoms with E-state index in [0.29, 0.717) is 11.1 Å². The van der Waals surface area contributed by atoms with Gasteiger partial charge >= 0.3 is 11.9 Å². The van der Waals surface area contributed by atoms with Crippen molar-refractivity contribution in [2.45, 2.75) is 19.6 Å². The van der Waals surface area contributed by atoms with Crippen LogP contribution in [0.25, 0.3) is 28.0 Å². The first-order valence-electron chi connectivity index (χ1n) is 7.53. The summed E-state index contributed by atoms with van der Waals surface area (Å²) < 4.78 is 16.1. The molecule has 120 valence electrons. The van der Waals surface area contributed by atoms with Crippen molar-refractivity contribution in [3.8, 4) is 0 Å². The average Bonchev–Trinajstić information content (AvgIpc) is 2.89. The lowest BCUT2D eigenvalue weighted by molar-refractivity contribution is -0.222. The fourth-order valence-electron chi connectivity index (χ4n) is 2.82. The van der Waals surface area contributed by atoms with Gasteiger partial charge in [0.05, 0.1) is 0 Å². The van der Waals surface area contributed by atoms with Crippen LogP contribution in [0.2, 0.25) is 0 Å². The number of para-hydroxylation sites is 2. The van der Waals surface area contributed by atoms with Crippen LogP contribution in [0.15, 0.2) is 52.5 Å². The molecule has 0 amide bonds. The largest absolute Gasteiger partial charge is 0.455 e. The lowest BCUT2D eigenvalue weighted by Crippen LogP contribution is -2.41. The van der Waals surface area contributed by atoms with Crippen LogP contribution in [-0.2, 0) is 19.1 Å². The molecule has 1 fully saturated rings. The molecule has 0 atom stereocenters. The number of hydrogen-bond acceptors (Lipinski definition) is 5. The fraction of sp³-hybridized carbons (Fsp3) is 0.158. The summed E-state index contributed by atoms with van der Waals surface area (Å²) >= 11 is 0. The molecule has 1 aromatic heterocycles. The number of rotatable bonds is 1. The molecule has 0 unspecified atom stereocenters. The van der Waals surface area contributed by atoms with Gasteiger partial charge in [-0.15, -0.1) is 0 Å². The summed E-state index contributed by atoms with van der Waals surface area (Å²) in [6.45, 7) is 3.03. The highest BCUT2D eigenvalue weighted by molar-refractivity contribution is 6.20. The fourth-order valence-corrected chi connectivity index (χ4v) is 2.82. The Kier molecular flexibility index (Phi) is 3.00. The average molecular weight is 322 g/mol. The van der Waals surface area contributed by atoms with Crippen molar-refractivity contribution in [3.05, 3.63) is 53.6 Å². The van der Waals surface area contributed by atoms with Gasteiger partial charge in [-0.3, -0.25) is 0 Å². The van der Waals surface area contributed by atoms with Crippen molar-refractivity contribution in [2.24, 2.45) is 0 Å². The van der Waals surface area contributed by atoms with E-state index in [1.165, 1.54) is 19.9 Å². The number of furan rings is 1. The molecule has 5 nitrogen and oxygen atoms in total. The molecule has 0 aliphatic carbocycles. The monoisotopic (exact) mass is 322 g/mol. The number of esters is 2. The van der Waals surface area contributed by atoms with Crippen molar-refractivity contribution in [2.75, 3.05) is 0 Å². The highest BCUT2D eigenvalue weighted by atomic mass is 16.7. The molecule has 1 aliphatic rings. The van der Waals surface area contributed by atoms with Crippen LogP contribution < -0.4 is 0 Å². The highest BCUT2D eigenvalue weighted by Crippen LogP contribution is 2.32. The molecule has 0 radical (unpaired) electrons. The normalized spacial score (nSPS) is 17.0. The first-order valence-corrected chi connectivity index (χ1v) is 7.53. The van der Waals surface area contributed by atoms with Crippen molar-refractivity contribution >= 4 is 40.0 Å². The van der Waals surface area contributed by atoms with Crippen LogP contribution in [0.4, 0.5) is 0 Å². The number of carbonyl (C=O) groups is 2. The van der Waals surface area contributed by atoms with Gasteiger partial charge in [-0.2, -0.15) is 0 Å². The third-order valence-electron chi connectivity index (χ3n) is 3.85. The van der Waals surface area contributed by atoms with E-state index in [9.17, 15) is 9.59 Å². The molecule has 0 bridgehead atoms. The second-order valence-corrected chi connectivity index (χ2v) is 6.06. The van der Waals surface area contributed by atoms with E-state index in [1.807, 2.05) is 36.4 Å². The molecule has 2 aromatic carbocycles. The molecule has 1 aliphatic heterocycles. The molecule has 2 heterocycles. The zero-order valence-corrected chi connectivity index (χ0v) is 13.2. The first-order chi connectivity index (χ1) is 11.4. The van der Waals surface area contributed by atoms with E-state index in [4.69, 9.17) is 13.9 Å². The third-order valence-corrected chi connectivity index (χ3v) is 3.85. The Balaban J connectivity index is 1.88. The van der Waals surface area contributed by atoms with Crippen molar-refractivity contribution in [1.82, 2.24) is 0 Å².